The fourth-order valence-corrected chi connectivity index (χ4v) is 4.59. The summed E-state index contributed by atoms with van der Waals surface area (Å²) in [5.41, 5.74) is 7.28. The van der Waals surface area contributed by atoms with Gasteiger partial charge in [0.2, 0.25) is 5.71 Å². The van der Waals surface area contributed by atoms with E-state index in [0.29, 0.717) is 35.4 Å². The van der Waals surface area contributed by atoms with Gasteiger partial charge in [-0.2, -0.15) is 4.98 Å². The highest BCUT2D eigenvalue weighted by Crippen LogP contribution is 2.37. The van der Waals surface area contributed by atoms with Crippen molar-refractivity contribution in [1.82, 2.24) is 9.97 Å². The fraction of sp³-hybridized carbons (Fsp3) is 0.250. The van der Waals surface area contributed by atoms with Gasteiger partial charge in [-0.1, -0.05) is 0 Å². The lowest BCUT2D eigenvalue weighted by molar-refractivity contribution is 0.0467. The molecule has 35 heavy (non-hydrogen) atoms. The number of thiophene rings is 1. The number of nitrogens with two attached hydrogens (primary N) is 1. The van der Waals surface area contributed by atoms with E-state index in [1.54, 1.807) is 19.9 Å². The Kier molecular flexibility index (Phi) is 6.00. The Balaban J connectivity index is 1.30. The molecule has 2 N–H and O–H groups in total. The third kappa shape index (κ3) is 4.37. The van der Waals surface area contributed by atoms with Crippen molar-refractivity contribution in [3.05, 3.63) is 52.4 Å². The van der Waals surface area contributed by atoms with E-state index in [2.05, 4.69) is 9.97 Å². The molecule has 0 unspecified atom stereocenters. The van der Waals surface area contributed by atoms with Crippen molar-refractivity contribution in [1.29, 1.82) is 0 Å². The number of carbonyl (C=O) groups is 2. The summed E-state index contributed by atoms with van der Waals surface area (Å²) >= 11 is 1.29. The lowest BCUT2D eigenvalue weighted by Crippen LogP contribution is -2.15. The third-order valence-electron chi connectivity index (χ3n) is 5.25. The Morgan fingerprint density at radius 1 is 1.06 bits per heavy atom. The molecule has 0 fully saturated rings. The van der Waals surface area contributed by atoms with Crippen LogP contribution < -0.4 is 15.2 Å². The maximum Gasteiger partial charge on any atom is 0.348 e. The van der Waals surface area contributed by atoms with Crippen molar-refractivity contribution in [2.75, 3.05) is 25.6 Å². The highest BCUT2D eigenvalue weighted by Gasteiger charge is 2.24. The largest absolute Gasteiger partial charge is 0.486 e. The molecule has 3 aromatic heterocycles. The van der Waals surface area contributed by atoms with Crippen LogP contribution >= 0.6 is 11.3 Å². The summed E-state index contributed by atoms with van der Waals surface area (Å²) in [5.74, 6) is 0.797. The molecule has 10 nitrogen and oxygen atoms in total. The molecule has 5 rings (SSSR count). The quantitative estimate of drug-likeness (QED) is 0.389. The van der Waals surface area contributed by atoms with Crippen LogP contribution in [0, 0.1) is 6.92 Å². The van der Waals surface area contributed by atoms with Crippen LogP contribution in [0.15, 0.2) is 34.7 Å². The van der Waals surface area contributed by atoms with Gasteiger partial charge in [0.1, 0.15) is 35.2 Å². The Morgan fingerprint density at radius 2 is 1.86 bits per heavy atom. The summed E-state index contributed by atoms with van der Waals surface area (Å²) in [6.07, 6.45) is 0. The number of rotatable bonds is 6. The number of hydrogen-bond donors (Lipinski definition) is 1. The number of furan rings is 1. The van der Waals surface area contributed by atoms with Crippen LogP contribution in [0.5, 0.6) is 11.5 Å². The van der Waals surface area contributed by atoms with Gasteiger partial charge in [-0.3, -0.25) is 0 Å². The van der Waals surface area contributed by atoms with Gasteiger partial charge < -0.3 is 29.1 Å². The first-order valence-corrected chi connectivity index (χ1v) is 11.7. The molecular formula is C24H21N3O7S. The minimum Gasteiger partial charge on any atom is -0.486 e. The van der Waals surface area contributed by atoms with Gasteiger partial charge in [-0.15, -0.1) is 11.3 Å². The van der Waals surface area contributed by atoms with Crippen LogP contribution in [0.1, 0.15) is 38.5 Å². The van der Waals surface area contributed by atoms with Crippen LogP contribution in [0.3, 0.4) is 0 Å². The zero-order chi connectivity index (χ0) is 24.5. The molecule has 0 amide bonds. The van der Waals surface area contributed by atoms with Crippen LogP contribution in [-0.4, -0.2) is 41.7 Å². The van der Waals surface area contributed by atoms with Gasteiger partial charge in [0.15, 0.2) is 23.9 Å². The maximum absolute atomic E-state index is 12.6. The highest BCUT2D eigenvalue weighted by molar-refractivity contribution is 7.17. The second kappa shape index (κ2) is 9.26. The predicted octanol–water partition coefficient (Wildman–Crippen LogP) is 4.15. The lowest BCUT2D eigenvalue weighted by atomic mass is 10.1. The van der Waals surface area contributed by atoms with Crippen LogP contribution in [0.4, 0.5) is 5.82 Å². The second-order valence-electron chi connectivity index (χ2n) is 7.56. The van der Waals surface area contributed by atoms with Crippen molar-refractivity contribution >= 4 is 40.2 Å². The van der Waals surface area contributed by atoms with E-state index < -0.39 is 11.9 Å². The number of fused-ring (bicyclic) bond motifs is 2. The van der Waals surface area contributed by atoms with Crippen molar-refractivity contribution in [3.8, 4) is 21.9 Å². The van der Waals surface area contributed by atoms with E-state index >= 15 is 0 Å². The summed E-state index contributed by atoms with van der Waals surface area (Å²) in [4.78, 5) is 34.6. The second-order valence-corrected chi connectivity index (χ2v) is 8.64. The number of benzene rings is 1. The molecule has 0 saturated heterocycles. The minimum atomic E-state index is -0.565. The number of carbonyl (C=O) groups excluding carboxylic acids is 2. The van der Waals surface area contributed by atoms with Gasteiger partial charge in [-0.25, -0.2) is 14.6 Å². The zero-order valence-electron chi connectivity index (χ0n) is 19.0. The average molecular weight is 496 g/mol. The highest BCUT2D eigenvalue weighted by atomic mass is 32.1. The van der Waals surface area contributed by atoms with Crippen molar-refractivity contribution in [3.63, 3.8) is 0 Å². The molecule has 0 saturated carbocycles. The lowest BCUT2D eigenvalue weighted by Gasteiger charge is -2.18. The smallest absolute Gasteiger partial charge is 0.348 e. The molecule has 0 spiro atoms. The third-order valence-corrected chi connectivity index (χ3v) is 6.36. The molecule has 1 aliphatic rings. The van der Waals surface area contributed by atoms with Gasteiger partial charge in [0.25, 0.3) is 0 Å². The fourth-order valence-electron chi connectivity index (χ4n) is 3.70. The number of hydrogen-bond acceptors (Lipinski definition) is 11. The van der Waals surface area contributed by atoms with E-state index in [4.69, 9.17) is 29.1 Å². The van der Waals surface area contributed by atoms with Crippen molar-refractivity contribution in [2.24, 2.45) is 0 Å². The zero-order valence-corrected chi connectivity index (χ0v) is 19.8. The summed E-state index contributed by atoms with van der Waals surface area (Å²) in [7, 11) is 0. The molecule has 1 aliphatic heterocycles. The maximum atomic E-state index is 12.6. The Labute approximate surface area is 203 Å². The number of nitrogens with zero attached hydrogens (tertiary/aromatic N) is 2. The van der Waals surface area contributed by atoms with Gasteiger partial charge in [-0.05, 0) is 49.7 Å². The van der Waals surface area contributed by atoms with E-state index in [1.165, 1.54) is 11.3 Å². The predicted molar refractivity (Wildman–Crippen MR) is 127 cm³/mol. The summed E-state index contributed by atoms with van der Waals surface area (Å²) in [5, 5.41) is 0.276. The monoisotopic (exact) mass is 495 g/mol. The number of nitrogen functional groups attached to an aromatic ring is 1. The first kappa shape index (κ1) is 22.7. The number of aryl methyl sites for hydroxylation is 1. The minimum absolute atomic E-state index is 0.0398. The molecule has 180 valence electrons. The van der Waals surface area contributed by atoms with Crippen LogP contribution in [0.2, 0.25) is 0 Å². The number of aromatic nitrogens is 2. The standard InChI is InChI=1S/C24H21N3O7S/c1-3-30-24(29)19-12(2)34-22-20(19)21(25)26-18(27-22)11-33-23(28)17-7-6-16(35-17)13-4-5-14-15(10-13)32-9-8-31-14/h4-7,10H,3,8-9,11H2,1-2H3,(H2,25,26,27). The molecule has 4 heterocycles. The van der Waals surface area contributed by atoms with E-state index in [-0.39, 0.29) is 41.5 Å². The summed E-state index contributed by atoms with van der Waals surface area (Å²) in [6.45, 7) is 4.33. The van der Waals surface area contributed by atoms with Gasteiger partial charge >= 0.3 is 11.9 Å². The first-order valence-electron chi connectivity index (χ1n) is 10.8. The van der Waals surface area contributed by atoms with Crippen molar-refractivity contribution < 1.29 is 33.0 Å². The molecule has 0 radical (unpaired) electrons. The average Bonchev–Trinajstić information content (AvgIpc) is 3.47. The van der Waals surface area contributed by atoms with Crippen LogP contribution in [-0.2, 0) is 16.1 Å². The SMILES string of the molecule is CCOC(=O)c1c(C)oc2nc(COC(=O)c3ccc(-c4ccc5c(c4)OCCO5)s3)nc(N)c12. The summed E-state index contributed by atoms with van der Waals surface area (Å²) < 4.78 is 27.2. The van der Waals surface area contributed by atoms with E-state index in [9.17, 15) is 9.59 Å². The number of esters is 2. The number of ether oxygens (including phenoxy) is 4. The molecule has 11 heteroatoms. The Hall–Kier alpha value is -4.12. The van der Waals surface area contributed by atoms with Crippen LogP contribution in [0.25, 0.3) is 21.5 Å². The normalized spacial score (nSPS) is 12.5. The van der Waals surface area contributed by atoms with Crippen molar-refractivity contribution in [2.45, 2.75) is 20.5 Å². The van der Waals surface area contributed by atoms with Gasteiger partial charge in [0.05, 0.1) is 12.0 Å². The topological polar surface area (TPSA) is 136 Å². The molecule has 0 aliphatic carbocycles. The molecule has 0 atom stereocenters. The van der Waals surface area contributed by atoms with Gasteiger partial charge in [0, 0.05) is 4.88 Å². The first-order chi connectivity index (χ1) is 16.9. The van der Waals surface area contributed by atoms with E-state index in [0.717, 1.165) is 10.4 Å². The number of anilines is 1. The molecule has 0 bridgehead atoms. The molecular weight excluding hydrogens is 474 g/mol. The Morgan fingerprint density at radius 3 is 2.66 bits per heavy atom. The molecule has 1 aromatic carbocycles. The Bertz CT molecular complexity index is 1440. The summed E-state index contributed by atoms with van der Waals surface area (Å²) in [6, 6.07) is 9.19. The van der Waals surface area contributed by atoms with E-state index in [1.807, 2.05) is 24.3 Å². The molecule has 4 aromatic rings.